The number of hydrogen-bond acceptors (Lipinski definition) is 3. The Balaban J connectivity index is 2.31. The predicted molar refractivity (Wildman–Crippen MR) is 70.6 cm³/mol. The smallest absolute Gasteiger partial charge is 0.0254 e. The SMILES string of the molecule is CCCC(C)(N)CN1CCC(N(C)C)CC1. The maximum absolute atomic E-state index is 6.30. The molecule has 1 atom stereocenters. The minimum Gasteiger partial charge on any atom is -0.324 e. The van der Waals surface area contributed by atoms with Crippen molar-refractivity contribution in [1.29, 1.82) is 0 Å². The first-order chi connectivity index (χ1) is 7.44. The summed E-state index contributed by atoms with van der Waals surface area (Å²) in [5.74, 6) is 0. The summed E-state index contributed by atoms with van der Waals surface area (Å²) in [6.07, 6.45) is 4.88. The van der Waals surface area contributed by atoms with Gasteiger partial charge in [0.05, 0.1) is 0 Å². The fourth-order valence-electron chi connectivity index (χ4n) is 2.75. The molecule has 0 spiro atoms. The molecule has 96 valence electrons. The summed E-state index contributed by atoms with van der Waals surface area (Å²) in [6, 6.07) is 0.770. The van der Waals surface area contributed by atoms with Crippen molar-refractivity contribution in [1.82, 2.24) is 9.80 Å². The Labute approximate surface area is 101 Å². The highest BCUT2D eigenvalue weighted by Crippen LogP contribution is 2.17. The van der Waals surface area contributed by atoms with Gasteiger partial charge in [-0.1, -0.05) is 13.3 Å². The molecular formula is C13H29N3. The number of nitrogens with two attached hydrogens (primary N) is 1. The lowest BCUT2D eigenvalue weighted by Crippen LogP contribution is -2.51. The molecule has 1 heterocycles. The van der Waals surface area contributed by atoms with Crippen molar-refractivity contribution in [2.24, 2.45) is 5.73 Å². The van der Waals surface area contributed by atoms with E-state index in [2.05, 4.69) is 37.7 Å². The van der Waals surface area contributed by atoms with Gasteiger partial charge in [-0.3, -0.25) is 0 Å². The molecule has 0 amide bonds. The molecule has 0 aromatic rings. The highest BCUT2D eigenvalue weighted by Gasteiger charge is 2.25. The van der Waals surface area contributed by atoms with Gasteiger partial charge in [-0.15, -0.1) is 0 Å². The fourth-order valence-corrected chi connectivity index (χ4v) is 2.75. The Morgan fingerprint density at radius 2 is 1.88 bits per heavy atom. The second-order valence-corrected chi connectivity index (χ2v) is 5.87. The average Bonchev–Trinajstić information content (AvgIpc) is 2.17. The van der Waals surface area contributed by atoms with Crippen molar-refractivity contribution in [3.8, 4) is 0 Å². The van der Waals surface area contributed by atoms with E-state index in [1.54, 1.807) is 0 Å². The van der Waals surface area contributed by atoms with Gasteiger partial charge in [0.1, 0.15) is 0 Å². The highest BCUT2D eigenvalue weighted by molar-refractivity contribution is 4.85. The molecule has 0 radical (unpaired) electrons. The molecule has 0 aromatic carbocycles. The van der Waals surface area contributed by atoms with Gasteiger partial charge in [0, 0.05) is 18.1 Å². The number of piperidine rings is 1. The van der Waals surface area contributed by atoms with Crippen LogP contribution in [0.3, 0.4) is 0 Å². The Hall–Kier alpha value is -0.120. The van der Waals surface area contributed by atoms with Gasteiger partial charge >= 0.3 is 0 Å². The van der Waals surface area contributed by atoms with Gasteiger partial charge in [-0.25, -0.2) is 0 Å². The summed E-state index contributed by atoms with van der Waals surface area (Å²) in [5, 5.41) is 0. The van der Waals surface area contributed by atoms with Crippen molar-refractivity contribution in [3.05, 3.63) is 0 Å². The van der Waals surface area contributed by atoms with Crippen molar-refractivity contribution in [2.45, 2.75) is 51.1 Å². The molecule has 0 saturated carbocycles. The topological polar surface area (TPSA) is 32.5 Å². The van der Waals surface area contributed by atoms with E-state index >= 15 is 0 Å². The van der Waals surface area contributed by atoms with Crippen LogP contribution in [0.25, 0.3) is 0 Å². The van der Waals surface area contributed by atoms with Crippen LogP contribution in [0.4, 0.5) is 0 Å². The van der Waals surface area contributed by atoms with Gasteiger partial charge < -0.3 is 15.5 Å². The Morgan fingerprint density at radius 1 is 1.31 bits per heavy atom. The standard InChI is InChI=1S/C13H29N3/c1-5-8-13(2,14)11-16-9-6-12(7-10-16)15(3)4/h12H,5-11,14H2,1-4H3. The number of nitrogens with zero attached hydrogens (tertiary/aromatic N) is 2. The molecular weight excluding hydrogens is 198 g/mol. The predicted octanol–water partition coefficient (Wildman–Crippen LogP) is 1.53. The lowest BCUT2D eigenvalue weighted by molar-refractivity contribution is 0.123. The maximum Gasteiger partial charge on any atom is 0.0254 e. The fraction of sp³-hybridized carbons (Fsp3) is 1.00. The number of hydrogen-bond donors (Lipinski definition) is 1. The second-order valence-electron chi connectivity index (χ2n) is 5.87. The van der Waals surface area contributed by atoms with E-state index in [4.69, 9.17) is 5.73 Å². The van der Waals surface area contributed by atoms with Crippen LogP contribution in [0.1, 0.15) is 39.5 Å². The molecule has 1 saturated heterocycles. The van der Waals surface area contributed by atoms with Crippen molar-refractivity contribution in [2.75, 3.05) is 33.7 Å². The van der Waals surface area contributed by atoms with Gasteiger partial charge in [-0.05, 0) is 53.4 Å². The zero-order valence-corrected chi connectivity index (χ0v) is 11.5. The van der Waals surface area contributed by atoms with Gasteiger partial charge in [0.2, 0.25) is 0 Å². The van der Waals surface area contributed by atoms with E-state index in [-0.39, 0.29) is 5.54 Å². The summed E-state index contributed by atoms with van der Waals surface area (Å²) < 4.78 is 0. The minimum absolute atomic E-state index is 0.000295. The molecule has 0 aliphatic carbocycles. The highest BCUT2D eigenvalue weighted by atomic mass is 15.2. The number of likely N-dealkylation sites (tertiary alicyclic amines) is 1. The van der Waals surface area contributed by atoms with E-state index in [1.807, 2.05) is 0 Å². The van der Waals surface area contributed by atoms with Crippen LogP contribution in [0, 0.1) is 0 Å². The lowest BCUT2D eigenvalue weighted by atomic mass is 9.95. The Bertz CT molecular complexity index is 193. The van der Waals surface area contributed by atoms with Crippen LogP contribution in [-0.4, -0.2) is 55.1 Å². The van der Waals surface area contributed by atoms with Crippen molar-refractivity contribution < 1.29 is 0 Å². The van der Waals surface area contributed by atoms with Gasteiger partial charge in [0.15, 0.2) is 0 Å². The van der Waals surface area contributed by atoms with Gasteiger partial charge in [0.25, 0.3) is 0 Å². The molecule has 0 bridgehead atoms. The van der Waals surface area contributed by atoms with Gasteiger partial charge in [-0.2, -0.15) is 0 Å². The van der Waals surface area contributed by atoms with Crippen LogP contribution < -0.4 is 5.73 Å². The molecule has 2 N–H and O–H groups in total. The van der Waals surface area contributed by atoms with E-state index < -0.39 is 0 Å². The average molecular weight is 227 g/mol. The molecule has 0 aromatic heterocycles. The second kappa shape index (κ2) is 5.99. The first-order valence-electron chi connectivity index (χ1n) is 6.62. The summed E-state index contributed by atoms with van der Waals surface area (Å²) >= 11 is 0. The zero-order chi connectivity index (χ0) is 12.2. The van der Waals surface area contributed by atoms with E-state index in [0.29, 0.717) is 0 Å². The normalized spacial score (nSPS) is 23.6. The summed E-state index contributed by atoms with van der Waals surface area (Å²) in [5.41, 5.74) is 6.30. The van der Waals surface area contributed by atoms with Crippen molar-refractivity contribution in [3.63, 3.8) is 0 Å². The van der Waals surface area contributed by atoms with Crippen LogP contribution >= 0.6 is 0 Å². The van der Waals surface area contributed by atoms with Crippen LogP contribution in [0.2, 0.25) is 0 Å². The largest absolute Gasteiger partial charge is 0.324 e. The molecule has 1 rings (SSSR count). The summed E-state index contributed by atoms with van der Waals surface area (Å²) in [7, 11) is 4.37. The summed E-state index contributed by atoms with van der Waals surface area (Å²) in [4.78, 5) is 4.89. The third-order valence-corrected chi connectivity index (χ3v) is 3.69. The molecule has 1 unspecified atom stereocenters. The minimum atomic E-state index is -0.000295. The van der Waals surface area contributed by atoms with Crippen LogP contribution in [0.5, 0.6) is 0 Å². The zero-order valence-electron chi connectivity index (χ0n) is 11.5. The van der Waals surface area contributed by atoms with E-state index in [0.717, 1.165) is 19.0 Å². The van der Waals surface area contributed by atoms with Crippen LogP contribution in [-0.2, 0) is 0 Å². The first kappa shape index (κ1) is 13.9. The monoisotopic (exact) mass is 227 g/mol. The first-order valence-corrected chi connectivity index (χ1v) is 6.62. The third-order valence-electron chi connectivity index (χ3n) is 3.69. The van der Waals surface area contributed by atoms with E-state index in [9.17, 15) is 0 Å². The Kier molecular flexibility index (Phi) is 5.22. The van der Waals surface area contributed by atoms with Crippen molar-refractivity contribution >= 4 is 0 Å². The molecule has 1 aliphatic heterocycles. The van der Waals surface area contributed by atoms with E-state index in [1.165, 1.54) is 32.4 Å². The maximum atomic E-state index is 6.30. The third kappa shape index (κ3) is 4.40. The quantitative estimate of drug-likeness (QED) is 0.773. The van der Waals surface area contributed by atoms with Crippen LogP contribution in [0.15, 0.2) is 0 Å². The Morgan fingerprint density at radius 3 is 2.31 bits per heavy atom. The molecule has 16 heavy (non-hydrogen) atoms. The molecule has 3 heteroatoms. The molecule has 1 fully saturated rings. The number of rotatable bonds is 5. The molecule has 1 aliphatic rings. The lowest BCUT2D eigenvalue weighted by Gasteiger charge is -2.39. The molecule has 3 nitrogen and oxygen atoms in total. The summed E-state index contributed by atoms with van der Waals surface area (Å²) in [6.45, 7) is 7.87.